The zero-order valence-electron chi connectivity index (χ0n) is 13.4. The van der Waals surface area contributed by atoms with Gasteiger partial charge in [0.05, 0.1) is 5.41 Å². The molecule has 1 aliphatic carbocycles. The molecule has 0 atom stereocenters. The minimum atomic E-state index is -0.354. The highest BCUT2D eigenvalue weighted by Crippen LogP contribution is 2.45. The van der Waals surface area contributed by atoms with Crippen LogP contribution in [0.25, 0.3) is 0 Å². The molecule has 0 aromatic heterocycles. The lowest BCUT2D eigenvalue weighted by molar-refractivity contribution is 0.747. The van der Waals surface area contributed by atoms with Crippen molar-refractivity contribution in [2.24, 2.45) is 0 Å². The molecule has 0 heteroatoms. The molecule has 0 unspecified atom stereocenters. The number of rotatable bonds is 4. The molecule has 0 fully saturated rings. The zero-order valence-corrected chi connectivity index (χ0v) is 13.4. The maximum absolute atomic E-state index is 3.47. The smallest absolute Gasteiger partial charge is 0.0774 e. The van der Waals surface area contributed by atoms with E-state index >= 15 is 0 Å². The third-order valence-corrected chi connectivity index (χ3v) is 4.62. The summed E-state index contributed by atoms with van der Waals surface area (Å²) in [5.74, 6) is 0. The summed E-state index contributed by atoms with van der Waals surface area (Å²) in [7, 11) is 0. The van der Waals surface area contributed by atoms with Gasteiger partial charge in [-0.15, -0.1) is 5.73 Å². The lowest BCUT2D eigenvalue weighted by Crippen LogP contribution is -2.30. The summed E-state index contributed by atoms with van der Waals surface area (Å²) in [5.41, 5.74) is 8.06. The predicted octanol–water partition coefficient (Wildman–Crippen LogP) is 5.67. The summed E-state index contributed by atoms with van der Waals surface area (Å²) in [6.07, 6.45) is 6.24. The van der Waals surface area contributed by atoms with Gasteiger partial charge in [0, 0.05) is 5.57 Å². The van der Waals surface area contributed by atoms with E-state index < -0.39 is 0 Å². The third-order valence-electron chi connectivity index (χ3n) is 4.62. The number of benzene rings is 3. The van der Waals surface area contributed by atoms with Crippen LogP contribution in [0.5, 0.6) is 0 Å². The fourth-order valence-corrected chi connectivity index (χ4v) is 3.59. The van der Waals surface area contributed by atoms with Crippen LogP contribution in [0.3, 0.4) is 0 Å². The fraction of sp³-hybridized carbons (Fsp3) is 0.0417. The van der Waals surface area contributed by atoms with E-state index in [1.807, 2.05) is 6.08 Å². The summed E-state index contributed by atoms with van der Waals surface area (Å²) < 4.78 is 0. The van der Waals surface area contributed by atoms with Crippen LogP contribution in [-0.2, 0) is 5.41 Å². The Labute approximate surface area is 143 Å². The van der Waals surface area contributed by atoms with E-state index in [1.54, 1.807) is 0 Å². The number of hydrogen-bond acceptors (Lipinski definition) is 0. The minimum Gasteiger partial charge on any atom is -0.116 e. The highest BCUT2D eigenvalue weighted by Gasteiger charge is 2.39. The molecule has 0 nitrogen and oxygen atoms in total. The second-order valence-electron chi connectivity index (χ2n) is 5.93. The molecule has 3 aromatic carbocycles. The molecule has 0 N–H and O–H groups in total. The Balaban J connectivity index is 2.12. The molecule has 1 aliphatic rings. The van der Waals surface area contributed by atoms with Crippen molar-refractivity contribution in [1.29, 1.82) is 0 Å². The summed E-state index contributed by atoms with van der Waals surface area (Å²) in [6.45, 7) is 0. The fourth-order valence-electron chi connectivity index (χ4n) is 3.59. The van der Waals surface area contributed by atoms with Gasteiger partial charge in [-0.3, -0.25) is 0 Å². The lowest BCUT2D eigenvalue weighted by atomic mass is 9.65. The summed E-state index contributed by atoms with van der Waals surface area (Å²) in [4.78, 5) is 0. The van der Waals surface area contributed by atoms with Crippen molar-refractivity contribution >= 4 is 0 Å². The molecule has 0 saturated carbocycles. The third kappa shape index (κ3) is 2.25. The molecule has 0 bridgehead atoms. The minimum absolute atomic E-state index is 0.354. The Bertz CT molecular complexity index is 813. The summed E-state index contributed by atoms with van der Waals surface area (Å²) in [5, 5.41) is 0. The van der Waals surface area contributed by atoms with Crippen LogP contribution in [0.4, 0.5) is 0 Å². The average molecular weight is 306 g/mol. The molecular weight excluding hydrogens is 288 g/mol. The quantitative estimate of drug-likeness (QED) is 0.430. The van der Waals surface area contributed by atoms with Gasteiger partial charge in [0.25, 0.3) is 0 Å². The van der Waals surface area contributed by atoms with Crippen LogP contribution < -0.4 is 0 Å². The monoisotopic (exact) mass is 306 g/mol. The van der Waals surface area contributed by atoms with E-state index in [2.05, 4.69) is 109 Å². The van der Waals surface area contributed by atoms with E-state index in [-0.39, 0.29) is 5.41 Å². The Kier molecular flexibility index (Phi) is 3.75. The Morgan fingerprint density at radius 1 is 0.542 bits per heavy atom. The van der Waals surface area contributed by atoms with Gasteiger partial charge in [0.15, 0.2) is 0 Å². The van der Waals surface area contributed by atoms with Crippen molar-refractivity contribution in [3.05, 3.63) is 137 Å². The zero-order chi connectivity index (χ0) is 16.2. The molecule has 0 amide bonds. The van der Waals surface area contributed by atoms with E-state index in [4.69, 9.17) is 0 Å². The topological polar surface area (TPSA) is 0 Å². The SMILES string of the molecule is C1=CC=CC=1C(c1ccccc1)(c1ccccc1)c1ccccc1. The van der Waals surface area contributed by atoms with Crippen molar-refractivity contribution in [2.45, 2.75) is 5.41 Å². The molecule has 0 spiro atoms. The van der Waals surface area contributed by atoms with Crippen molar-refractivity contribution < 1.29 is 0 Å². The summed E-state index contributed by atoms with van der Waals surface area (Å²) >= 11 is 0. The average Bonchev–Trinajstić information content (AvgIpc) is 3.20. The van der Waals surface area contributed by atoms with Crippen molar-refractivity contribution in [1.82, 2.24) is 0 Å². The van der Waals surface area contributed by atoms with Gasteiger partial charge in [-0.2, -0.15) is 0 Å². The first kappa shape index (κ1) is 14.5. The highest BCUT2D eigenvalue weighted by atomic mass is 14.4. The van der Waals surface area contributed by atoms with Crippen LogP contribution in [0, 0.1) is 0 Å². The lowest BCUT2D eigenvalue weighted by Gasteiger charge is -2.36. The molecule has 0 heterocycles. The molecular formula is C24H18. The molecule has 24 heavy (non-hydrogen) atoms. The molecule has 3 aromatic rings. The Morgan fingerprint density at radius 3 is 1.29 bits per heavy atom. The van der Waals surface area contributed by atoms with Crippen LogP contribution in [0.2, 0.25) is 0 Å². The van der Waals surface area contributed by atoms with Crippen molar-refractivity contribution in [3.8, 4) is 0 Å². The van der Waals surface area contributed by atoms with E-state index in [0.717, 1.165) is 0 Å². The van der Waals surface area contributed by atoms with Crippen LogP contribution in [0.1, 0.15) is 16.7 Å². The van der Waals surface area contributed by atoms with E-state index in [1.165, 1.54) is 22.3 Å². The van der Waals surface area contributed by atoms with Gasteiger partial charge in [-0.1, -0.05) is 97.1 Å². The predicted molar refractivity (Wildman–Crippen MR) is 99.9 cm³/mol. The Morgan fingerprint density at radius 2 is 0.958 bits per heavy atom. The molecule has 0 radical (unpaired) electrons. The second kappa shape index (κ2) is 6.20. The Hall–Kier alpha value is -3.08. The van der Waals surface area contributed by atoms with Gasteiger partial charge in [0.2, 0.25) is 0 Å². The van der Waals surface area contributed by atoms with Gasteiger partial charge in [0.1, 0.15) is 0 Å². The van der Waals surface area contributed by atoms with Gasteiger partial charge in [-0.05, 0) is 28.8 Å². The number of allylic oxidation sites excluding steroid dienone is 3. The maximum Gasteiger partial charge on any atom is 0.0774 e. The first-order valence-electron chi connectivity index (χ1n) is 8.23. The van der Waals surface area contributed by atoms with E-state index in [9.17, 15) is 0 Å². The van der Waals surface area contributed by atoms with Crippen LogP contribution >= 0.6 is 0 Å². The number of hydrogen-bond donors (Lipinski definition) is 0. The highest BCUT2D eigenvalue weighted by molar-refractivity contribution is 5.62. The van der Waals surface area contributed by atoms with Crippen molar-refractivity contribution in [3.63, 3.8) is 0 Å². The van der Waals surface area contributed by atoms with Crippen LogP contribution in [-0.4, -0.2) is 0 Å². The largest absolute Gasteiger partial charge is 0.116 e. The first-order valence-corrected chi connectivity index (χ1v) is 8.23. The van der Waals surface area contributed by atoms with Gasteiger partial charge in [-0.25, -0.2) is 0 Å². The second-order valence-corrected chi connectivity index (χ2v) is 5.93. The van der Waals surface area contributed by atoms with Gasteiger partial charge < -0.3 is 0 Å². The van der Waals surface area contributed by atoms with E-state index in [0.29, 0.717) is 0 Å². The molecule has 0 aliphatic heterocycles. The van der Waals surface area contributed by atoms with Gasteiger partial charge >= 0.3 is 0 Å². The van der Waals surface area contributed by atoms with Crippen molar-refractivity contribution in [2.75, 3.05) is 0 Å². The van der Waals surface area contributed by atoms with Crippen LogP contribution in [0.15, 0.2) is 121 Å². The molecule has 0 saturated heterocycles. The molecule has 114 valence electrons. The summed E-state index contributed by atoms with van der Waals surface area (Å²) in [6, 6.07) is 32.1. The normalized spacial score (nSPS) is 13.1. The first-order chi connectivity index (χ1) is 11.9. The maximum atomic E-state index is 3.47. The standard InChI is InChI=1S/C24H18/c1-4-12-20(13-5-1)24(23-18-10-11-19-23,21-14-6-2-7-15-21)22-16-8-3-9-17-22/h1-18H. The molecule has 4 rings (SSSR count).